The Labute approximate surface area is 71.4 Å². The van der Waals surface area contributed by atoms with E-state index in [0.29, 0.717) is 0 Å². The molecule has 0 aliphatic heterocycles. The molecule has 1 N–H and O–H groups in total. The molecule has 0 aromatic carbocycles. The molecule has 0 aliphatic rings. The molecule has 0 aromatic rings. The fourth-order valence-electron chi connectivity index (χ4n) is 0.100. The maximum absolute atomic E-state index is 9.68. The van der Waals surface area contributed by atoms with Crippen molar-refractivity contribution in [3.05, 3.63) is 0 Å². The monoisotopic (exact) mass is 148 g/mol. The van der Waals surface area contributed by atoms with E-state index < -0.39 is 17.3 Å². The van der Waals surface area contributed by atoms with Crippen LogP contribution < -0.4 is 0 Å². The van der Waals surface area contributed by atoms with Crippen molar-refractivity contribution >= 4 is 46.9 Å². The summed E-state index contributed by atoms with van der Waals surface area (Å²) in [6.07, 6.45) is 0. The van der Waals surface area contributed by atoms with Crippen molar-refractivity contribution in [3.63, 3.8) is 0 Å². The normalized spacial score (nSPS) is 11.2. The second-order valence-electron chi connectivity index (χ2n) is 0.792. The van der Waals surface area contributed by atoms with Crippen LogP contribution in [-0.4, -0.2) is 44.3 Å². The summed E-state index contributed by atoms with van der Waals surface area (Å²) in [6.45, 7) is 1.05. The van der Waals surface area contributed by atoms with Crippen molar-refractivity contribution in [2.75, 3.05) is 0 Å². The predicted molar refractivity (Wildman–Crippen MR) is 29.7 cm³/mol. The average molecular weight is 148 g/mol. The Morgan fingerprint density at radius 1 is 1.75 bits per heavy atom. The van der Waals surface area contributed by atoms with Crippen LogP contribution in [-0.2, 0) is 20.3 Å². The molecule has 0 aliphatic carbocycles. The molecule has 0 spiro atoms. The van der Waals surface area contributed by atoms with E-state index in [9.17, 15) is 9.00 Å². The van der Waals surface area contributed by atoms with E-state index in [4.69, 9.17) is 4.55 Å². The SMILES string of the molecule is CC(=O)OS(=O)O.[NaH]. The first kappa shape index (κ1) is 11.4. The van der Waals surface area contributed by atoms with Crippen molar-refractivity contribution in [3.8, 4) is 0 Å². The van der Waals surface area contributed by atoms with Gasteiger partial charge in [0.1, 0.15) is 0 Å². The molecule has 4 nitrogen and oxygen atoms in total. The van der Waals surface area contributed by atoms with Gasteiger partial charge in [0.25, 0.3) is 0 Å². The van der Waals surface area contributed by atoms with Crippen LogP contribution in [0.1, 0.15) is 6.92 Å². The van der Waals surface area contributed by atoms with Crippen LogP contribution in [0.4, 0.5) is 0 Å². The molecular weight excluding hydrogens is 143 g/mol. The van der Waals surface area contributed by atoms with E-state index in [-0.39, 0.29) is 29.6 Å². The standard InChI is InChI=1S/C2H4O4S.Na.H/c1-2(3)6-7(4)5;;/h1H3,(H,4,5);;. The molecule has 1 unspecified atom stereocenters. The first-order chi connectivity index (χ1) is 3.13. The molecule has 0 bridgehead atoms. The Balaban J connectivity index is 0. The predicted octanol–water partition coefficient (Wildman–Crippen LogP) is -0.962. The summed E-state index contributed by atoms with van der Waals surface area (Å²) in [7, 11) is 0. The molecular formula is C2H5NaO4S. The summed E-state index contributed by atoms with van der Waals surface area (Å²) in [5, 5.41) is 0. The number of rotatable bonds is 1. The van der Waals surface area contributed by atoms with Crippen LogP contribution in [0.2, 0.25) is 0 Å². The molecule has 0 rings (SSSR count). The van der Waals surface area contributed by atoms with Gasteiger partial charge >= 0.3 is 46.9 Å². The molecule has 0 fully saturated rings. The van der Waals surface area contributed by atoms with E-state index in [0.717, 1.165) is 6.92 Å². The van der Waals surface area contributed by atoms with E-state index in [1.54, 1.807) is 0 Å². The molecule has 0 heterocycles. The fraction of sp³-hybridized carbons (Fsp3) is 0.500. The number of hydrogen-bond donors (Lipinski definition) is 1. The van der Waals surface area contributed by atoms with Crippen LogP contribution in [0, 0.1) is 0 Å². The van der Waals surface area contributed by atoms with Gasteiger partial charge < -0.3 is 4.18 Å². The molecule has 0 radical (unpaired) electrons. The van der Waals surface area contributed by atoms with Gasteiger partial charge in [-0.3, -0.25) is 9.35 Å². The second-order valence-corrected chi connectivity index (χ2v) is 1.39. The average Bonchev–Trinajstić information content (AvgIpc) is 1.27. The first-order valence-electron chi connectivity index (χ1n) is 1.42. The molecule has 1 atom stereocenters. The van der Waals surface area contributed by atoms with Crippen LogP contribution in [0.3, 0.4) is 0 Å². The van der Waals surface area contributed by atoms with Gasteiger partial charge in [-0.2, -0.15) is 4.21 Å². The Bertz CT molecular complexity index is 90.2. The van der Waals surface area contributed by atoms with Crippen LogP contribution in [0.5, 0.6) is 0 Å². The molecule has 0 saturated heterocycles. The van der Waals surface area contributed by atoms with Crippen molar-refractivity contribution in [2.45, 2.75) is 6.92 Å². The van der Waals surface area contributed by atoms with Crippen molar-refractivity contribution < 1.29 is 17.7 Å². The molecule has 6 heteroatoms. The third-order valence-corrected chi connectivity index (χ3v) is 0.566. The van der Waals surface area contributed by atoms with Gasteiger partial charge in [0.2, 0.25) is 0 Å². The van der Waals surface area contributed by atoms with Gasteiger partial charge in [0.05, 0.1) is 0 Å². The summed E-state index contributed by atoms with van der Waals surface area (Å²) in [5.74, 6) is -0.763. The van der Waals surface area contributed by atoms with Crippen LogP contribution in [0.15, 0.2) is 0 Å². The first-order valence-corrected chi connectivity index (χ1v) is 2.46. The van der Waals surface area contributed by atoms with E-state index >= 15 is 0 Å². The van der Waals surface area contributed by atoms with Crippen LogP contribution in [0.25, 0.3) is 0 Å². The zero-order valence-corrected chi connectivity index (χ0v) is 4.40. The summed E-state index contributed by atoms with van der Waals surface area (Å²) in [6, 6.07) is 0. The Morgan fingerprint density at radius 2 is 2.12 bits per heavy atom. The van der Waals surface area contributed by atoms with Crippen molar-refractivity contribution in [2.24, 2.45) is 0 Å². The Kier molecular flexibility index (Phi) is 8.13. The molecule has 8 heavy (non-hydrogen) atoms. The van der Waals surface area contributed by atoms with Crippen molar-refractivity contribution in [1.29, 1.82) is 0 Å². The van der Waals surface area contributed by atoms with Crippen LogP contribution >= 0.6 is 0 Å². The maximum atomic E-state index is 9.68. The van der Waals surface area contributed by atoms with E-state index in [1.165, 1.54) is 0 Å². The second kappa shape index (κ2) is 5.71. The summed E-state index contributed by atoms with van der Waals surface area (Å²) < 4.78 is 20.9. The van der Waals surface area contributed by atoms with Gasteiger partial charge in [-0.25, -0.2) is 0 Å². The van der Waals surface area contributed by atoms with E-state index in [1.807, 2.05) is 0 Å². The van der Waals surface area contributed by atoms with Crippen molar-refractivity contribution in [1.82, 2.24) is 0 Å². The molecule has 0 aromatic heterocycles. The topological polar surface area (TPSA) is 63.6 Å². The zero-order valence-electron chi connectivity index (χ0n) is 3.58. The summed E-state index contributed by atoms with van der Waals surface area (Å²) >= 11 is -2.45. The third-order valence-electron chi connectivity index (χ3n) is 0.189. The van der Waals surface area contributed by atoms with Gasteiger partial charge in [0, 0.05) is 6.92 Å². The Hall–Kier alpha value is 0.580. The summed E-state index contributed by atoms with van der Waals surface area (Å²) in [5.41, 5.74) is 0. The van der Waals surface area contributed by atoms with Gasteiger partial charge in [-0.05, 0) is 0 Å². The Morgan fingerprint density at radius 3 is 2.12 bits per heavy atom. The number of carbonyl (C=O) groups is 1. The third kappa shape index (κ3) is 9.77. The number of hydrogen-bond acceptors (Lipinski definition) is 3. The molecule has 0 saturated carbocycles. The minimum atomic E-state index is -2.45. The molecule has 44 valence electrons. The number of carbonyl (C=O) groups excluding carboxylic acids is 1. The van der Waals surface area contributed by atoms with Gasteiger partial charge in [-0.15, -0.1) is 0 Å². The minimum absolute atomic E-state index is 0. The zero-order chi connectivity index (χ0) is 5.86. The van der Waals surface area contributed by atoms with Gasteiger partial charge in [0.15, 0.2) is 0 Å². The molecule has 0 amide bonds. The summed E-state index contributed by atoms with van der Waals surface area (Å²) in [4.78, 5) is 9.68. The quantitative estimate of drug-likeness (QED) is 0.384. The van der Waals surface area contributed by atoms with Gasteiger partial charge in [-0.1, -0.05) is 0 Å². The van der Waals surface area contributed by atoms with E-state index in [2.05, 4.69) is 4.18 Å². The fourth-order valence-corrected chi connectivity index (χ4v) is 0.301.